The van der Waals surface area contributed by atoms with Crippen LogP contribution in [0.25, 0.3) is 5.69 Å². The maximum Gasteiger partial charge on any atom is 0.348 e. The molecule has 2 aromatic carbocycles. The van der Waals surface area contributed by atoms with E-state index in [0.717, 1.165) is 0 Å². The molecule has 0 unspecified atom stereocenters. The minimum atomic E-state index is -3.50. The van der Waals surface area contributed by atoms with Gasteiger partial charge in [0.25, 0.3) is 0 Å². The summed E-state index contributed by atoms with van der Waals surface area (Å²) >= 11 is 0. The highest BCUT2D eigenvalue weighted by Crippen LogP contribution is 2.26. The Kier molecular flexibility index (Phi) is 5.33. The molecule has 1 aliphatic rings. The van der Waals surface area contributed by atoms with Gasteiger partial charge in [0.05, 0.1) is 10.6 Å². The molecule has 152 valence electrons. The van der Waals surface area contributed by atoms with E-state index in [2.05, 4.69) is 10.2 Å². The molecule has 0 aliphatic carbocycles. The Labute approximate surface area is 167 Å². The Balaban J connectivity index is 1.48. The van der Waals surface area contributed by atoms with Gasteiger partial charge in [-0.2, -0.15) is 9.40 Å². The van der Waals surface area contributed by atoms with Crippen LogP contribution in [0.5, 0.6) is 0 Å². The number of aromatic nitrogens is 3. The lowest BCUT2D eigenvalue weighted by Gasteiger charge is -2.31. The third-order valence-electron chi connectivity index (χ3n) is 5.26. The molecule has 0 spiro atoms. The fourth-order valence-corrected chi connectivity index (χ4v) is 5.19. The van der Waals surface area contributed by atoms with Crippen LogP contribution in [0.15, 0.2) is 64.3 Å². The topological polar surface area (TPSA) is 88.1 Å². The highest BCUT2D eigenvalue weighted by Gasteiger charge is 2.30. The smallest absolute Gasteiger partial charge is 0.246 e. The van der Waals surface area contributed by atoms with Crippen molar-refractivity contribution >= 4 is 10.0 Å². The van der Waals surface area contributed by atoms with Crippen molar-refractivity contribution in [3.05, 3.63) is 76.7 Å². The average molecular weight is 416 g/mol. The number of H-pyrrole nitrogens is 1. The number of benzene rings is 2. The van der Waals surface area contributed by atoms with Gasteiger partial charge in [0.2, 0.25) is 10.0 Å². The molecule has 3 aromatic rings. The van der Waals surface area contributed by atoms with Gasteiger partial charge < -0.3 is 0 Å². The monoisotopic (exact) mass is 416 g/mol. The molecule has 7 nitrogen and oxygen atoms in total. The van der Waals surface area contributed by atoms with Crippen LogP contribution in [0.1, 0.15) is 18.7 Å². The van der Waals surface area contributed by atoms with E-state index in [1.165, 1.54) is 21.0 Å². The fourth-order valence-electron chi connectivity index (χ4n) is 3.70. The van der Waals surface area contributed by atoms with Crippen LogP contribution >= 0.6 is 0 Å². The van der Waals surface area contributed by atoms with E-state index in [4.69, 9.17) is 0 Å². The third kappa shape index (κ3) is 3.88. The maximum atomic E-state index is 14.2. The van der Waals surface area contributed by atoms with Crippen molar-refractivity contribution in [2.75, 3.05) is 13.1 Å². The van der Waals surface area contributed by atoms with E-state index in [9.17, 15) is 17.6 Å². The molecular weight excluding hydrogens is 395 g/mol. The minimum Gasteiger partial charge on any atom is -0.246 e. The number of halogens is 1. The maximum absolute atomic E-state index is 14.2. The van der Waals surface area contributed by atoms with Gasteiger partial charge in [-0.1, -0.05) is 30.3 Å². The number of hydrogen-bond acceptors (Lipinski definition) is 4. The summed E-state index contributed by atoms with van der Waals surface area (Å²) in [5, 5.41) is 6.46. The van der Waals surface area contributed by atoms with Crippen molar-refractivity contribution in [2.45, 2.75) is 24.2 Å². The molecule has 0 atom stereocenters. The Morgan fingerprint density at radius 2 is 1.69 bits per heavy atom. The zero-order valence-corrected chi connectivity index (χ0v) is 16.5. The standard InChI is InChI=1S/C20H21FN4O3S/c21-17-8-4-5-9-18(17)25-19(22-23-20(25)26)14-15-10-12-24(13-11-15)29(27,28)16-6-2-1-3-7-16/h1-9,15H,10-14H2,(H,23,26). The summed E-state index contributed by atoms with van der Waals surface area (Å²) in [7, 11) is -3.50. The highest BCUT2D eigenvalue weighted by atomic mass is 32.2. The normalized spacial score (nSPS) is 16.2. The van der Waals surface area contributed by atoms with Crippen LogP contribution in [0, 0.1) is 11.7 Å². The van der Waals surface area contributed by atoms with Crippen molar-refractivity contribution in [2.24, 2.45) is 5.92 Å². The predicted molar refractivity (Wildman–Crippen MR) is 106 cm³/mol. The number of aromatic amines is 1. The second-order valence-electron chi connectivity index (χ2n) is 7.10. The van der Waals surface area contributed by atoms with Crippen LogP contribution in [0.3, 0.4) is 0 Å². The van der Waals surface area contributed by atoms with E-state index in [1.807, 2.05) is 0 Å². The summed E-state index contributed by atoms with van der Waals surface area (Å²) < 4.78 is 42.4. The molecule has 1 aliphatic heterocycles. The predicted octanol–water partition coefficient (Wildman–Crippen LogP) is 2.34. The molecule has 0 saturated carbocycles. The van der Waals surface area contributed by atoms with E-state index in [-0.39, 0.29) is 11.6 Å². The van der Waals surface area contributed by atoms with Crippen molar-refractivity contribution in [1.29, 1.82) is 0 Å². The van der Waals surface area contributed by atoms with Crippen LogP contribution in [0.2, 0.25) is 0 Å². The van der Waals surface area contributed by atoms with E-state index >= 15 is 0 Å². The molecule has 0 radical (unpaired) electrons. The van der Waals surface area contributed by atoms with Crippen molar-refractivity contribution in [3.63, 3.8) is 0 Å². The third-order valence-corrected chi connectivity index (χ3v) is 7.17. The molecule has 29 heavy (non-hydrogen) atoms. The summed E-state index contributed by atoms with van der Waals surface area (Å²) in [6, 6.07) is 14.4. The van der Waals surface area contributed by atoms with E-state index < -0.39 is 21.5 Å². The molecule has 9 heteroatoms. The average Bonchev–Trinajstić information content (AvgIpc) is 3.09. The summed E-state index contributed by atoms with van der Waals surface area (Å²) in [6.07, 6.45) is 1.75. The number of sulfonamides is 1. The molecule has 2 heterocycles. The minimum absolute atomic E-state index is 0.151. The lowest BCUT2D eigenvalue weighted by Crippen LogP contribution is -2.39. The van der Waals surface area contributed by atoms with Gasteiger partial charge in [-0.05, 0) is 43.0 Å². The number of hydrogen-bond donors (Lipinski definition) is 1. The molecule has 1 fully saturated rings. The zero-order chi connectivity index (χ0) is 20.4. The van der Waals surface area contributed by atoms with E-state index in [0.29, 0.717) is 43.1 Å². The quantitative estimate of drug-likeness (QED) is 0.692. The second kappa shape index (κ2) is 7.92. The lowest BCUT2D eigenvalue weighted by molar-refractivity contribution is 0.269. The second-order valence-corrected chi connectivity index (χ2v) is 9.03. The Morgan fingerprint density at radius 1 is 1.03 bits per heavy atom. The molecule has 1 saturated heterocycles. The first kappa shape index (κ1) is 19.5. The molecule has 0 bridgehead atoms. The Bertz CT molecular complexity index is 1150. The Morgan fingerprint density at radius 3 is 2.38 bits per heavy atom. The van der Waals surface area contributed by atoms with Crippen LogP contribution in [0.4, 0.5) is 4.39 Å². The first-order valence-electron chi connectivity index (χ1n) is 9.43. The number of nitrogens with one attached hydrogen (secondary N) is 1. The Hall–Kier alpha value is -2.78. The summed E-state index contributed by atoms with van der Waals surface area (Å²) in [4.78, 5) is 12.5. The SMILES string of the molecule is O=c1[nH]nc(CC2CCN(S(=O)(=O)c3ccccc3)CC2)n1-c1ccccc1F. The van der Waals surface area contributed by atoms with Crippen molar-refractivity contribution in [1.82, 2.24) is 19.1 Å². The number of para-hydroxylation sites is 1. The van der Waals surface area contributed by atoms with Gasteiger partial charge in [-0.15, -0.1) is 0 Å². The number of rotatable bonds is 5. The number of nitrogens with zero attached hydrogens (tertiary/aromatic N) is 3. The van der Waals surface area contributed by atoms with Crippen LogP contribution in [-0.4, -0.2) is 40.6 Å². The van der Waals surface area contributed by atoms with Crippen molar-refractivity contribution < 1.29 is 12.8 Å². The van der Waals surface area contributed by atoms with Gasteiger partial charge in [0.1, 0.15) is 11.6 Å². The lowest BCUT2D eigenvalue weighted by atomic mass is 9.94. The molecule has 1 N–H and O–H groups in total. The van der Waals surface area contributed by atoms with Gasteiger partial charge in [0, 0.05) is 19.5 Å². The largest absolute Gasteiger partial charge is 0.348 e. The first-order chi connectivity index (χ1) is 14.0. The van der Waals surface area contributed by atoms with Gasteiger partial charge in [-0.3, -0.25) is 0 Å². The van der Waals surface area contributed by atoms with Crippen LogP contribution in [-0.2, 0) is 16.4 Å². The molecule has 0 amide bonds. The molecule has 4 rings (SSSR count). The molecular formula is C20H21FN4O3S. The van der Waals surface area contributed by atoms with E-state index in [1.54, 1.807) is 42.5 Å². The molecule has 1 aromatic heterocycles. The summed E-state index contributed by atoms with van der Waals surface area (Å²) in [5.41, 5.74) is -0.334. The van der Waals surface area contributed by atoms with Crippen LogP contribution < -0.4 is 5.69 Å². The highest BCUT2D eigenvalue weighted by molar-refractivity contribution is 7.89. The van der Waals surface area contributed by atoms with Gasteiger partial charge in [0.15, 0.2) is 0 Å². The van der Waals surface area contributed by atoms with Crippen molar-refractivity contribution in [3.8, 4) is 5.69 Å². The first-order valence-corrected chi connectivity index (χ1v) is 10.9. The fraction of sp³-hybridized carbons (Fsp3) is 0.300. The van der Waals surface area contributed by atoms with Gasteiger partial charge in [-0.25, -0.2) is 27.3 Å². The summed E-state index contributed by atoms with van der Waals surface area (Å²) in [6.45, 7) is 0.798. The number of piperidine rings is 1. The van der Waals surface area contributed by atoms with Gasteiger partial charge >= 0.3 is 5.69 Å². The summed E-state index contributed by atoms with van der Waals surface area (Å²) in [5.74, 6) is 0.100. The zero-order valence-electron chi connectivity index (χ0n) is 15.7.